The minimum atomic E-state index is -1.60. The van der Waals surface area contributed by atoms with Gasteiger partial charge in [-0.1, -0.05) is 181 Å². The van der Waals surface area contributed by atoms with Gasteiger partial charge in [-0.15, -0.1) is 0 Å². The summed E-state index contributed by atoms with van der Waals surface area (Å²) >= 11 is 0. The van der Waals surface area contributed by atoms with Gasteiger partial charge in [-0.25, -0.2) is 0 Å². The van der Waals surface area contributed by atoms with Crippen LogP contribution in [0.25, 0.3) is 0 Å². The van der Waals surface area contributed by atoms with Crippen molar-refractivity contribution in [3.63, 3.8) is 0 Å². The van der Waals surface area contributed by atoms with Gasteiger partial charge in [-0.3, -0.25) is 4.79 Å². The third-order valence-corrected chi connectivity index (χ3v) is 10.8. The molecule has 0 spiro atoms. The Bertz CT molecular complexity index is 803. The Hall–Kier alpha value is -0.850. The molecule has 7 N–H and O–H groups in total. The van der Waals surface area contributed by atoms with E-state index in [1.807, 2.05) is 0 Å². The van der Waals surface area contributed by atoms with Crippen molar-refractivity contribution >= 4 is 5.91 Å². The Labute approximate surface area is 317 Å². The topological polar surface area (TPSA) is 169 Å². The van der Waals surface area contributed by atoms with E-state index in [0.717, 1.165) is 44.9 Å². The Morgan fingerprint density at radius 2 is 1.00 bits per heavy atom. The third kappa shape index (κ3) is 23.8. The molecule has 310 valence electrons. The Balaban J connectivity index is 2.39. The summed E-state index contributed by atoms with van der Waals surface area (Å²) in [4.78, 5) is 12.9. The van der Waals surface area contributed by atoms with Crippen LogP contribution in [-0.2, 0) is 14.3 Å². The molecule has 0 aromatic carbocycles. The van der Waals surface area contributed by atoms with Gasteiger partial charge in [0, 0.05) is 6.42 Å². The lowest BCUT2D eigenvalue weighted by Crippen LogP contribution is -2.60. The number of aliphatic hydroxyl groups excluding tert-OH is 6. The average Bonchev–Trinajstić information content (AvgIpc) is 3.14. The molecular formula is C42H83NO9. The van der Waals surface area contributed by atoms with E-state index >= 15 is 0 Å². The van der Waals surface area contributed by atoms with E-state index in [0.29, 0.717) is 6.42 Å². The molecule has 1 saturated heterocycles. The molecule has 0 aromatic rings. The summed E-state index contributed by atoms with van der Waals surface area (Å²) in [5.41, 5.74) is 0. The van der Waals surface area contributed by atoms with Gasteiger partial charge in [0.25, 0.3) is 0 Å². The summed E-state index contributed by atoms with van der Waals surface area (Å²) in [6, 6.07) is -0.983. The highest BCUT2D eigenvalue weighted by Gasteiger charge is 2.44. The average molecular weight is 746 g/mol. The normalized spacial score (nSPS) is 22.3. The highest BCUT2D eigenvalue weighted by Crippen LogP contribution is 2.23. The molecule has 0 bridgehead atoms. The van der Waals surface area contributed by atoms with Gasteiger partial charge < -0.3 is 45.4 Å². The number of rotatable bonds is 36. The first-order valence-electron chi connectivity index (χ1n) is 21.8. The van der Waals surface area contributed by atoms with E-state index in [1.54, 1.807) is 0 Å². The number of hydrogen-bond donors (Lipinski definition) is 7. The van der Waals surface area contributed by atoms with Crippen LogP contribution >= 0.6 is 0 Å². The van der Waals surface area contributed by atoms with Crippen molar-refractivity contribution < 1.29 is 44.9 Å². The molecule has 0 saturated carbocycles. The van der Waals surface area contributed by atoms with Crippen LogP contribution in [0.2, 0.25) is 0 Å². The fourth-order valence-corrected chi connectivity index (χ4v) is 7.20. The molecule has 10 nitrogen and oxygen atoms in total. The molecule has 2 unspecified atom stereocenters. The van der Waals surface area contributed by atoms with Crippen LogP contribution in [0, 0.1) is 0 Å². The lowest BCUT2D eigenvalue weighted by Gasteiger charge is -2.40. The zero-order chi connectivity index (χ0) is 38.2. The highest BCUT2D eigenvalue weighted by atomic mass is 16.7. The van der Waals surface area contributed by atoms with Gasteiger partial charge >= 0.3 is 0 Å². The molecule has 52 heavy (non-hydrogen) atoms. The van der Waals surface area contributed by atoms with Crippen molar-refractivity contribution in [1.82, 2.24) is 5.32 Å². The first kappa shape index (κ1) is 49.2. The van der Waals surface area contributed by atoms with E-state index < -0.39 is 55.6 Å². The monoisotopic (exact) mass is 746 g/mol. The number of amides is 1. The minimum Gasteiger partial charge on any atom is -0.394 e. The van der Waals surface area contributed by atoms with Gasteiger partial charge in [-0.05, 0) is 12.8 Å². The van der Waals surface area contributed by atoms with Crippen molar-refractivity contribution in [2.24, 2.45) is 0 Å². The van der Waals surface area contributed by atoms with Crippen molar-refractivity contribution in [3.8, 4) is 0 Å². The third-order valence-electron chi connectivity index (χ3n) is 10.8. The molecule has 1 rings (SSSR count). The van der Waals surface area contributed by atoms with Crippen LogP contribution in [0.4, 0.5) is 0 Å². The molecular weight excluding hydrogens is 662 g/mol. The largest absolute Gasteiger partial charge is 0.394 e. The number of ether oxygens (including phenoxy) is 2. The maximum Gasteiger partial charge on any atom is 0.220 e. The second-order valence-electron chi connectivity index (χ2n) is 15.6. The fourth-order valence-electron chi connectivity index (χ4n) is 7.20. The number of aliphatic hydroxyl groups is 6. The number of carbonyl (C=O) groups is 1. The van der Waals surface area contributed by atoms with Gasteiger partial charge in [-0.2, -0.15) is 0 Å². The molecule has 0 aliphatic carbocycles. The number of carbonyl (C=O) groups excluding carboxylic acids is 1. The molecule has 8 atom stereocenters. The number of unbranched alkanes of at least 4 members (excludes halogenated alkanes) is 25. The van der Waals surface area contributed by atoms with Crippen LogP contribution in [0.1, 0.15) is 200 Å². The van der Waals surface area contributed by atoms with Crippen LogP contribution in [-0.4, -0.2) is 98.7 Å². The van der Waals surface area contributed by atoms with Gasteiger partial charge in [0.1, 0.15) is 30.5 Å². The minimum absolute atomic E-state index is 0.256. The van der Waals surface area contributed by atoms with Gasteiger partial charge in [0.15, 0.2) is 6.29 Å². The molecule has 0 radical (unpaired) electrons. The first-order valence-corrected chi connectivity index (χ1v) is 21.8. The van der Waals surface area contributed by atoms with Crippen molar-refractivity contribution in [2.75, 3.05) is 13.2 Å². The van der Waals surface area contributed by atoms with E-state index in [1.165, 1.54) is 128 Å². The second kappa shape index (κ2) is 33.5. The zero-order valence-corrected chi connectivity index (χ0v) is 33.4. The van der Waals surface area contributed by atoms with Crippen molar-refractivity contribution in [2.45, 2.75) is 249 Å². The molecule has 1 aliphatic heterocycles. The lowest BCUT2D eigenvalue weighted by atomic mass is 9.98. The smallest absolute Gasteiger partial charge is 0.220 e. The van der Waals surface area contributed by atoms with E-state index in [2.05, 4.69) is 19.2 Å². The standard InChI is InChI=1S/C42H83NO9/c1-3-5-7-9-11-13-15-16-17-18-19-20-21-23-25-27-29-31-37(46)43-34(33-51-42-41(50)40(49)39(48)36(32-44)52-42)38(47)35(45)30-28-26-24-22-14-12-10-8-6-4-2/h34-36,38-42,44-45,47-50H,3-33H2,1-2H3,(H,43,46)/t34-,35+,36+,38-,39-,40?,41?,42+/m0/s1. The van der Waals surface area contributed by atoms with Crippen LogP contribution in [0.3, 0.4) is 0 Å². The summed E-state index contributed by atoms with van der Waals surface area (Å²) < 4.78 is 11.1. The van der Waals surface area contributed by atoms with Crippen molar-refractivity contribution in [1.29, 1.82) is 0 Å². The fraction of sp³-hybridized carbons (Fsp3) is 0.976. The molecule has 10 heteroatoms. The molecule has 0 aromatic heterocycles. The predicted molar refractivity (Wildman–Crippen MR) is 209 cm³/mol. The summed E-state index contributed by atoms with van der Waals surface area (Å²) in [5, 5.41) is 64.9. The molecule has 1 amide bonds. The van der Waals surface area contributed by atoms with Gasteiger partial charge in [0.2, 0.25) is 5.91 Å². The Kier molecular flexibility index (Phi) is 31.7. The van der Waals surface area contributed by atoms with Crippen LogP contribution < -0.4 is 5.32 Å². The lowest BCUT2D eigenvalue weighted by molar-refractivity contribution is -0.303. The Morgan fingerprint density at radius 3 is 1.42 bits per heavy atom. The van der Waals surface area contributed by atoms with E-state index in [-0.39, 0.29) is 18.9 Å². The summed E-state index contributed by atoms with van der Waals surface area (Å²) in [7, 11) is 0. The van der Waals surface area contributed by atoms with E-state index in [9.17, 15) is 35.4 Å². The van der Waals surface area contributed by atoms with Crippen LogP contribution in [0.15, 0.2) is 0 Å². The van der Waals surface area contributed by atoms with Gasteiger partial charge in [0.05, 0.1) is 25.4 Å². The van der Waals surface area contributed by atoms with E-state index in [4.69, 9.17) is 9.47 Å². The first-order chi connectivity index (χ1) is 25.3. The molecule has 1 heterocycles. The predicted octanol–water partition coefficient (Wildman–Crippen LogP) is 7.36. The molecule has 1 fully saturated rings. The maximum absolute atomic E-state index is 12.9. The maximum atomic E-state index is 12.9. The highest BCUT2D eigenvalue weighted by molar-refractivity contribution is 5.76. The Morgan fingerprint density at radius 1 is 0.596 bits per heavy atom. The number of hydrogen-bond acceptors (Lipinski definition) is 9. The zero-order valence-electron chi connectivity index (χ0n) is 33.4. The number of nitrogens with one attached hydrogen (secondary N) is 1. The second-order valence-corrected chi connectivity index (χ2v) is 15.6. The summed E-state index contributed by atoms with van der Waals surface area (Å²) in [5.74, 6) is -0.256. The SMILES string of the molecule is CCCCCCCCCCCCCCCCCCCC(=O)N[C@@H](CO[C@@H]1O[C@H](CO)[C@H](O)C(O)C1O)[C@H](O)[C@H](O)CCCCCCCCCCCC. The summed E-state index contributed by atoms with van der Waals surface area (Å²) in [6.45, 7) is 3.59. The molecule has 1 aliphatic rings. The van der Waals surface area contributed by atoms with Crippen LogP contribution in [0.5, 0.6) is 0 Å². The summed E-state index contributed by atoms with van der Waals surface area (Å²) in [6.07, 6.45) is 24.0. The quantitative estimate of drug-likeness (QED) is 0.0324. The van der Waals surface area contributed by atoms with Crippen molar-refractivity contribution in [3.05, 3.63) is 0 Å².